The maximum Gasteiger partial charge on any atom is 0.350 e. The molecule has 4 atom stereocenters. The molecule has 0 radical (unpaired) electrons. The minimum absolute atomic E-state index is 0.424. The molecule has 2 fully saturated rings. The second kappa shape index (κ2) is 1.92. The van der Waals surface area contributed by atoms with Gasteiger partial charge in [0, 0.05) is 11.8 Å². The van der Waals surface area contributed by atoms with E-state index in [2.05, 4.69) is 4.74 Å². The van der Waals surface area contributed by atoms with Crippen LogP contribution in [0.4, 0.5) is 0 Å². The lowest BCUT2D eigenvalue weighted by Gasteiger charge is -2.31. The molecule has 3 rings (SSSR count). The normalized spacial score (nSPS) is 53.9. The van der Waals surface area contributed by atoms with Crippen LogP contribution in [0.5, 0.6) is 0 Å². The van der Waals surface area contributed by atoms with E-state index in [1.165, 1.54) is 0 Å². The van der Waals surface area contributed by atoms with Gasteiger partial charge in [-0.2, -0.15) is 0 Å². The Bertz CT molecular complexity index is 353. The van der Waals surface area contributed by atoms with Crippen LogP contribution < -0.4 is 0 Å². The van der Waals surface area contributed by atoms with Crippen LogP contribution in [0.25, 0.3) is 0 Å². The van der Waals surface area contributed by atoms with Crippen LogP contribution in [0.2, 0.25) is 0 Å². The number of ether oxygens (including phenoxy) is 1. The summed E-state index contributed by atoms with van der Waals surface area (Å²) in [6.45, 7) is 0. The highest BCUT2D eigenvalue weighted by atomic mass is 16.6. The number of esters is 2. The predicted octanol–water partition coefficient (Wildman–Crippen LogP) is -1.26. The summed E-state index contributed by atoms with van der Waals surface area (Å²) in [5.41, 5.74) is -4.10. The lowest BCUT2D eigenvalue weighted by atomic mass is 9.76. The summed E-state index contributed by atoms with van der Waals surface area (Å²) in [7, 11) is 0. The van der Waals surface area contributed by atoms with Gasteiger partial charge in [-0.1, -0.05) is 12.2 Å². The summed E-state index contributed by atoms with van der Waals surface area (Å²) in [5.74, 6) is -3.06. The summed E-state index contributed by atoms with van der Waals surface area (Å²) in [6.07, 6.45) is 3.73. The molecule has 0 aromatic carbocycles. The first-order chi connectivity index (χ1) is 6.51. The number of rotatable bonds is 0. The average Bonchev–Trinajstić information content (AvgIpc) is 2.73. The predicted molar refractivity (Wildman–Crippen MR) is 41.7 cm³/mol. The van der Waals surface area contributed by atoms with Crippen molar-refractivity contribution in [3.05, 3.63) is 12.2 Å². The Labute approximate surface area is 79.0 Å². The fourth-order valence-electron chi connectivity index (χ4n) is 2.74. The Balaban J connectivity index is 2.26. The largest absolute Gasteiger partial charge is 0.389 e. The average molecular weight is 196 g/mol. The van der Waals surface area contributed by atoms with Crippen LogP contribution in [0.1, 0.15) is 6.42 Å². The molecule has 74 valence electrons. The van der Waals surface area contributed by atoms with Gasteiger partial charge in [0.1, 0.15) is 0 Å². The fourth-order valence-corrected chi connectivity index (χ4v) is 2.74. The smallest absolute Gasteiger partial charge is 0.350 e. The molecule has 1 heterocycles. The van der Waals surface area contributed by atoms with Crippen molar-refractivity contribution in [1.82, 2.24) is 0 Å². The molecule has 2 bridgehead atoms. The van der Waals surface area contributed by atoms with Crippen molar-refractivity contribution in [2.24, 2.45) is 11.8 Å². The van der Waals surface area contributed by atoms with Crippen LogP contribution in [-0.2, 0) is 14.3 Å². The number of carbonyl (C=O) groups is 2. The Hall–Kier alpha value is -1.20. The van der Waals surface area contributed by atoms with Crippen LogP contribution in [0, 0.1) is 11.8 Å². The summed E-state index contributed by atoms with van der Waals surface area (Å²) < 4.78 is 4.30. The third-order valence-electron chi connectivity index (χ3n) is 3.55. The summed E-state index contributed by atoms with van der Waals surface area (Å²) in [4.78, 5) is 22.6. The molecular weight excluding hydrogens is 188 g/mol. The van der Waals surface area contributed by atoms with E-state index >= 15 is 0 Å². The maximum atomic E-state index is 11.3. The Morgan fingerprint density at radius 1 is 1.14 bits per heavy atom. The zero-order valence-corrected chi connectivity index (χ0v) is 7.14. The zero-order chi connectivity index (χ0) is 10.1. The van der Waals surface area contributed by atoms with Crippen molar-refractivity contribution in [1.29, 1.82) is 0 Å². The summed E-state index contributed by atoms with van der Waals surface area (Å²) >= 11 is 0. The Morgan fingerprint density at radius 2 is 1.57 bits per heavy atom. The molecule has 0 amide bonds. The van der Waals surface area contributed by atoms with Gasteiger partial charge in [-0.05, 0) is 6.42 Å². The van der Waals surface area contributed by atoms with Crippen molar-refractivity contribution in [3.63, 3.8) is 0 Å². The highest BCUT2D eigenvalue weighted by Gasteiger charge is 2.78. The monoisotopic (exact) mass is 196 g/mol. The quantitative estimate of drug-likeness (QED) is 0.287. The second-order valence-electron chi connectivity index (χ2n) is 4.04. The molecule has 3 aliphatic rings. The Morgan fingerprint density at radius 3 is 2.00 bits per heavy atom. The lowest BCUT2D eigenvalue weighted by molar-refractivity contribution is -0.169. The summed E-state index contributed by atoms with van der Waals surface area (Å²) in [5, 5.41) is 20.0. The number of aliphatic hydroxyl groups is 2. The van der Waals surface area contributed by atoms with Crippen molar-refractivity contribution in [3.8, 4) is 0 Å². The molecule has 1 saturated carbocycles. The minimum Gasteiger partial charge on any atom is -0.389 e. The van der Waals surface area contributed by atoms with E-state index in [1.54, 1.807) is 12.2 Å². The fraction of sp³-hybridized carbons (Fsp3) is 0.556. The molecule has 0 aromatic heterocycles. The van der Waals surface area contributed by atoms with E-state index in [4.69, 9.17) is 0 Å². The van der Waals surface area contributed by atoms with Gasteiger partial charge in [-0.3, -0.25) is 0 Å². The number of fused-ring (bicyclic) bond motifs is 5. The molecule has 5 heteroatoms. The minimum atomic E-state index is -2.05. The number of hydrogen-bond acceptors (Lipinski definition) is 5. The molecule has 5 nitrogen and oxygen atoms in total. The van der Waals surface area contributed by atoms with E-state index in [9.17, 15) is 19.8 Å². The lowest BCUT2D eigenvalue weighted by Crippen LogP contribution is -2.59. The van der Waals surface area contributed by atoms with E-state index in [1.807, 2.05) is 0 Å². The standard InChI is InChI=1S/C9H8O5/c10-6-8(12)4-1-2-5(3-4)9(8,13)7(11)14-6/h1-2,4-5,12-13H,3H2. The van der Waals surface area contributed by atoms with Gasteiger partial charge < -0.3 is 14.9 Å². The van der Waals surface area contributed by atoms with E-state index in [0.29, 0.717) is 6.42 Å². The first-order valence-electron chi connectivity index (χ1n) is 4.41. The third-order valence-corrected chi connectivity index (χ3v) is 3.55. The molecule has 1 saturated heterocycles. The maximum absolute atomic E-state index is 11.3. The first-order valence-corrected chi connectivity index (χ1v) is 4.41. The molecular formula is C9H8O5. The van der Waals surface area contributed by atoms with Crippen LogP contribution in [-0.4, -0.2) is 33.4 Å². The number of hydrogen-bond donors (Lipinski definition) is 2. The Kier molecular flexibility index (Phi) is 1.11. The van der Waals surface area contributed by atoms with Gasteiger partial charge in [0.2, 0.25) is 11.2 Å². The van der Waals surface area contributed by atoms with Gasteiger partial charge in [0.05, 0.1) is 0 Å². The van der Waals surface area contributed by atoms with Crippen molar-refractivity contribution in [2.45, 2.75) is 17.6 Å². The zero-order valence-electron chi connectivity index (χ0n) is 7.14. The van der Waals surface area contributed by atoms with E-state index in [0.717, 1.165) is 0 Å². The van der Waals surface area contributed by atoms with Gasteiger partial charge >= 0.3 is 11.9 Å². The highest BCUT2D eigenvalue weighted by molar-refractivity contribution is 6.07. The number of carbonyl (C=O) groups excluding carboxylic acids is 2. The molecule has 2 aliphatic carbocycles. The molecule has 0 aromatic rings. The van der Waals surface area contributed by atoms with Crippen molar-refractivity contribution < 1.29 is 24.5 Å². The SMILES string of the molecule is O=C1OC(=O)C2(O)C3C=CC(C3)C12O. The first kappa shape index (κ1) is 8.14. The molecule has 0 spiro atoms. The van der Waals surface area contributed by atoms with Crippen LogP contribution in [0.3, 0.4) is 0 Å². The van der Waals surface area contributed by atoms with E-state index in [-0.39, 0.29) is 0 Å². The topological polar surface area (TPSA) is 83.8 Å². The van der Waals surface area contributed by atoms with Crippen molar-refractivity contribution in [2.75, 3.05) is 0 Å². The van der Waals surface area contributed by atoms with Gasteiger partial charge in [0.15, 0.2) is 0 Å². The van der Waals surface area contributed by atoms with Gasteiger partial charge in [0.25, 0.3) is 0 Å². The van der Waals surface area contributed by atoms with Crippen molar-refractivity contribution >= 4 is 11.9 Å². The molecule has 2 N–H and O–H groups in total. The second-order valence-corrected chi connectivity index (χ2v) is 4.04. The number of cyclic esters (lactones) is 2. The third kappa shape index (κ3) is 0.517. The van der Waals surface area contributed by atoms with Gasteiger partial charge in [-0.25, -0.2) is 9.59 Å². The molecule has 1 aliphatic heterocycles. The molecule has 14 heavy (non-hydrogen) atoms. The van der Waals surface area contributed by atoms with Crippen LogP contribution >= 0.6 is 0 Å². The van der Waals surface area contributed by atoms with Crippen LogP contribution in [0.15, 0.2) is 12.2 Å². The van der Waals surface area contributed by atoms with Gasteiger partial charge in [-0.15, -0.1) is 0 Å². The summed E-state index contributed by atoms with van der Waals surface area (Å²) in [6, 6.07) is 0. The van der Waals surface area contributed by atoms with E-state index < -0.39 is 35.0 Å². The molecule has 4 unspecified atom stereocenters. The highest BCUT2D eigenvalue weighted by Crippen LogP contribution is 2.56.